The summed E-state index contributed by atoms with van der Waals surface area (Å²) in [6.45, 7) is 0.185. The van der Waals surface area contributed by atoms with Gasteiger partial charge in [0.15, 0.2) is 0 Å². The van der Waals surface area contributed by atoms with Crippen molar-refractivity contribution in [2.75, 3.05) is 0 Å². The fraction of sp³-hybridized carbons (Fsp3) is 0.174. The van der Waals surface area contributed by atoms with Gasteiger partial charge in [-0.05, 0) is 54.3 Å². The first-order chi connectivity index (χ1) is 14.9. The number of nitro groups is 1. The molecule has 2 atom stereocenters. The average molecular weight is 476 g/mol. The number of benzene rings is 3. The number of rotatable bonds is 7. The highest BCUT2D eigenvalue weighted by Crippen LogP contribution is 2.49. The van der Waals surface area contributed by atoms with E-state index in [9.17, 15) is 10.1 Å². The largest absolute Gasteiger partial charge is 0.391 e. The second-order valence-electron chi connectivity index (χ2n) is 7.29. The highest BCUT2D eigenvalue weighted by molar-refractivity contribution is 6.35. The minimum atomic E-state index is -0.423. The first-order valence-corrected chi connectivity index (χ1v) is 10.7. The summed E-state index contributed by atoms with van der Waals surface area (Å²) in [5, 5.41) is 17.1. The molecule has 0 aromatic heterocycles. The molecule has 0 aliphatic heterocycles. The van der Waals surface area contributed by atoms with E-state index in [4.69, 9.17) is 39.6 Å². The fourth-order valence-corrected chi connectivity index (χ4v) is 4.06. The van der Waals surface area contributed by atoms with Gasteiger partial charge < -0.3 is 4.84 Å². The van der Waals surface area contributed by atoms with Crippen LogP contribution in [0.5, 0.6) is 0 Å². The van der Waals surface area contributed by atoms with Crippen molar-refractivity contribution in [2.24, 2.45) is 11.1 Å². The molecule has 158 valence electrons. The van der Waals surface area contributed by atoms with E-state index in [0.29, 0.717) is 15.1 Å². The van der Waals surface area contributed by atoms with Crippen molar-refractivity contribution in [2.45, 2.75) is 18.9 Å². The summed E-state index contributed by atoms with van der Waals surface area (Å²) in [5.41, 5.74) is 3.50. The molecule has 5 nitrogen and oxygen atoms in total. The number of hydrogen-bond donors (Lipinski definition) is 0. The van der Waals surface area contributed by atoms with Crippen molar-refractivity contribution >= 4 is 46.2 Å². The lowest BCUT2D eigenvalue weighted by atomic mass is 10.0. The highest BCUT2D eigenvalue weighted by Gasteiger charge is 2.43. The molecule has 31 heavy (non-hydrogen) atoms. The Kier molecular flexibility index (Phi) is 6.46. The quantitative estimate of drug-likeness (QED) is 0.205. The Hall–Kier alpha value is -2.60. The third-order valence-electron chi connectivity index (χ3n) is 5.21. The summed E-state index contributed by atoms with van der Waals surface area (Å²) < 4.78 is 0. The smallest absolute Gasteiger partial charge is 0.269 e. The summed E-state index contributed by atoms with van der Waals surface area (Å²) >= 11 is 18.2. The van der Waals surface area contributed by atoms with Crippen molar-refractivity contribution in [1.29, 1.82) is 0 Å². The molecule has 0 amide bonds. The van der Waals surface area contributed by atoms with E-state index in [1.807, 2.05) is 24.3 Å². The first kappa shape index (κ1) is 21.6. The lowest BCUT2D eigenvalue weighted by molar-refractivity contribution is -0.384. The number of nitrogens with zero attached hydrogens (tertiary/aromatic N) is 2. The summed E-state index contributed by atoms with van der Waals surface area (Å²) in [7, 11) is 0. The van der Waals surface area contributed by atoms with Gasteiger partial charge in [-0.2, -0.15) is 0 Å². The Morgan fingerprint density at radius 3 is 2.32 bits per heavy atom. The Bertz CT molecular complexity index is 1130. The SMILES string of the molecule is O=[N+]([O-])c1ccc(/C(=N/OCc2ccc(Cl)cc2Cl)[C@@H]2C[C@@H]2c2ccc(Cl)cc2)cc1. The van der Waals surface area contributed by atoms with Gasteiger partial charge in [0, 0.05) is 44.2 Å². The molecule has 0 spiro atoms. The Balaban J connectivity index is 1.57. The zero-order valence-electron chi connectivity index (χ0n) is 16.2. The van der Waals surface area contributed by atoms with Crippen LogP contribution < -0.4 is 0 Å². The van der Waals surface area contributed by atoms with Crippen LogP contribution in [0.1, 0.15) is 29.0 Å². The van der Waals surface area contributed by atoms with Crippen molar-refractivity contribution in [3.05, 3.63) is 109 Å². The minimum absolute atomic E-state index is 0.0296. The molecule has 1 saturated carbocycles. The summed E-state index contributed by atoms with van der Waals surface area (Å²) in [5.74, 6) is 0.428. The number of nitro benzene ring substituents is 1. The maximum absolute atomic E-state index is 11.0. The van der Waals surface area contributed by atoms with E-state index in [2.05, 4.69) is 5.16 Å². The molecule has 0 bridgehead atoms. The Morgan fingerprint density at radius 1 is 1.00 bits per heavy atom. The zero-order chi connectivity index (χ0) is 22.0. The molecule has 3 aromatic rings. The third-order valence-corrected chi connectivity index (χ3v) is 6.05. The van der Waals surface area contributed by atoms with Gasteiger partial charge >= 0.3 is 0 Å². The van der Waals surface area contributed by atoms with E-state index in [1.54, 1.807) is 30.3 Å². The highest BCUT2D eigenvalue weighted by atomic mass is 35.5. The van der Waals surface area contributed by atoms with E-state index < -0.39 is 4.92 Å². The lowest BCUT2D eigenvalue weighted by Gasteiger charge is -2.09. The van der Waals surface area contributed by atoms with Crippen molar-refractivity contribution in [3.8, 4) is 0 Å². The first-order valence-electron chi connectivity index (χ1n) is 9.56. The standard InChI is InChI=1S/C23H17Cl3N2O3/c24-17-6-1-14(2-7-17)20-12-21(20)23(15-4-9-19(10-5-15)28(29)30)27-31-13-16-3-8-18(25)11-22(16)26/h1-11,20-21H,12-13H2/b27-23-/t20-,21-/m1/s1. The molecule has 1 fully saturated rings. The second kappa shape index (κ2) is 9.27. The van der Waals surface area contributed by atoms with Gasteiger partial charge in [0.2, 0.25) is 0 Å². The second-order valence-corrected chi connectivity index (χ2v) is 8.57. The van der Waals surface area contributed by atoms with Gasteiger partial charge in [-0.25, -0.2) is 0 Å². The van der Waals surface area contributed by atoms with Crippen LogP contribution in [-0.4, -0.2) is 10.6 Å². The summed E-state index contributed by atoms with van der Waals surface area (Å²) in [6.07, 6.45) is 0.905. The van der Waals surface area contributed by atoms with Crippen LogP contribution in [0.15, 0.2) is 71.9 Å². The van der Waals surface area contributed by atoms with Gasteiger partial charge in [-0.15, -0.1) is 0 Å². The Morgan fingerprint density at radius 2 is 1.68 bits per heavy atom. The molecule has 1 aliphatic carbocycles. The van der Waals surface area contributed by atoms with Crippen LogP contribution in [0.25, 0.3) is 0 Å². The number of hydrogen-bond acceptors (Lipinski definition) is 4. The van der Waals surface area contributed by atoms with Gasteiger partial charge in [-0.1, -0.05) is 58.2 Å². The van der Waals surface area contributed by atoms with Crippen LogP contribution >= 0.6 is 34.8 Å². The number of oxime groups is 1. The monoisotopic (exact) mass is 474 g/mol. The van der Waals surface area contributed by atoms with Gasteiger partial charge in [0.05, 0.1) is 10.6 Å². The topological polar surface area (TPSA) is 64.7 Å². The van der Waals surface area contributed by atoms with Crippen LogP contribution in [-0.2, 0) is 11.4 Å². The van der Waals surface area contributed by atoms with E-state index in [-0.39, 0.29) is 24.1 Å². The van der Waals surface area contributed by atoms with Crippen molar-refractivity contribution < 1.29 is 9.76 Å². The van der Waals surface area contributed by atoms with Crippen LogP contribution in [0.2, 0.25) is 15.1 Å². The van der Waals surface area contributed by atoms with Crippen molar-refractivity contribution in [1.82, 2.24) is 0 Å². The van der Waals surface area contributed by atoms with Gasteiger partial charge in [0.25, 0.3) is 5.69 Å². The molecular weight excluding hydrogens is 459 g/mol. The zero-order valence-corrected chi connectivity index (χ0v) is 18.4. The molecule has 0 unspecified atom stereocenters. The molecule has 1 aliphatic rings. The number of non-ortho nitro benzene ring substituents is 1. The van der Waals surface area contributed by atoms with Crippen LogP contribution in [0, 0.1) is 16.0 Å². The molecule has 0 heterocycles. The van der Waals surface area contributed by atoms with Crippen molar-refractivity contribution in [3.63, 3.8) is 0 Å². The predicted molar refractivity (Wildman–Crippen MR) is 123 cm³/mol. The van der Waals surface area contributed by atoms with E-state index >= 15 is 0 Å². The van der Waals surface area contributed by atoms with Crippen LogP contribution in [0.3, 0.4) is 0 Å². The summed E-state index contributed by atoms with van der Waals surface area (Å²) in [4.78, 5) is 16.2. The summed E-state index contributed by atoms with van der Waals surface area (Å²) in [6, 6.07) is 19.3. The molecule has 4 rings (SSSR count). The maximum Gasteiger partial charge on any atom is 0.269 e. The molecular formula is C23H17Cl3N2O3. The number of halogens is 3. The molecule has 0 radical (unpaired) electrons. The van der Waals surface area contributed by atoms with E-state index in [1.165, 1.54) is 17.7 Å². The normalized spacial score (nSPS) is 18.0. The molecule has 0 N–H and O–H groups in total. The van der Waals surface area contributed by atoms with E-state index in [0.717, 1.165) is 23.3 Å². The lowest BCUT2D eigenvalue weighted by Crippen LogP contribution is -2.07. The Labute approximate surface area is 194 Å². The van der Waals surface area contributed by atoms with Crippen LogP contribution in [0.4, 0.5) is 5.69 Å². The van der Waals surface area contributed by atoms with Gasteiger partial charge in [-0.3, -0.25) is 10.1 Å². The third kappa shape index (κ3) is 5.18. The maximum atomic E-state index is 11.0. The molecule has 3 aromatic carbocycles. The minimum Gasteiger partial charge on any atom is -0.391 e. The predicted octanol–water partition coefficient (Wildman–Crippen LogP) is 7.28. The molecule has 0 saturated heterocycles. The van der Waals surface area contributed by atoms with Gasteiger partial charge in [0.1, 0.15) is 6.61 Å². The molecule has 8 heteroatoms. The fourth-order valence-electron chi connectivity index (χ4n) is 3.47. The average Bonchev–Trinajstić information content (AvgIpc) is 3.53.